The lowest BCUT2D eigenvalue weighted by molar-refractivity contribution is -0.167. The van der Waals surface area contributed by atoms with Crippen molar-refractivity contribution in [3.63, 3.8) is 0 Å². The van der Waals surface area contributed by atoms with Gasteiger partial charge in [0.05, 0.1) is 0 Å². The lowest BCUT2D eigenvalue weighted by Crippen LogP contribution is -2.30. The standard InChI is InChI=1S/C75H140O6/c1-4-7-10-13-16-19-22-25-28-31-34-36-37-38-39-40-42-44-47-50-53-56-59-62-65-68-74(77)80-71-72(70-79-73(76)67-64-61-58-55-52-49-46-43-33-30-27-24-21-18-15-12-9-6-3)81-75(78)69-66-63-60-57-54-51-48-45-41-35-32-29-26-23-20-17-14-11-8-5-2/h21,24,30-31,33-34,72H,4-20,22-23,25-29,32,35-71H2,1-3H3/b24-21-,33-30-,34-31-. The summed E-state index contributed by atoms with van der Waals surface area (Å²) in [5.74, 6) is -0.845. The van der Waals surface area contributed by atoms with Crippen molar-refractivity contribution < 1.29 is 28.6 Å². The Bertz CT molecular complexity index is 1350. The number of hydrogen-bond acceptors (Lipinski definition) is 6. The number of unbranched alkanes of at least 4 members (excludes halogenated alkanes) is 51. The molecule has 0 aliphatic heterocycles. The highest BCUT2D eigenvalue weighted by atomic mass is 16.6. The van der Waals surface area contributed by atoms with E-state index in [9.17, 15) is 14.4 Å². The van der Waals surface area contributed by atoms with E-state index in [2.05, 4.69) is 57.2 Å². The molecule has 0 aromatic carbocycles. The summed E-state index contributed by atoms with van der Waals surface area (Å²) in [4.78, 5) is 38.5. The molecule has 6 heteroatoms. The van der Waals surface area contributed by atoms with Crippen LogP contribution < -0.4 is 0 Å². The third-order valence-corrected chi connectivity index (χ3v) is 16.6. The summed E-state index contributed by atoms with van der Waals surface area (Å²) in [5, 5.41) is 0. The van der Waals surface area contributed by atoms with E-state index in [-0.39, 0.29) is 31.1 Å². The van der Waals surface area contributed by atoms with Crippen molar-refractivity contribution >= 4 is 17.9 Å². The number of carbonyl (C=O) groups is 3. The molecule has 0 aromatic heterocycles. The fraction of sp³-hybridized carbons (Fsp3) is 0.880. The molecule has 1 unspecified atom stereocenters. The Morgan fingerprint density at radius 2 is 0.444 bits per heavy atom. The van der Waals surface area contributed by atoms with Gasteiger partial charge in [0, 0.05) is 19.3 Å². The fourth-order valence-corrected chi connectivity index (χ4v) is 11.1. The third kappa shape index (κ3) is 68.3. The van der Waals surface area contributed by atoms with Crippen molar-refractivity contribution in [3.05, 3.63) is 36.5 Å². The van der Waals surface area contributed by atoms with Crippen LogP contribution in [0.5, 0.6) is 0 Å². The van der Waals surface area contributed by atoms with Gasteiger partial charge in [-0.25, -0.2) is 0 Å². The van der Waals surface area contributed by atoms with Gasteiger partial charge in [0.25, 0.3) is 0 Å². The van der Waals surface area contributed by atoms with Gasteiger partial charge in [-0.15, -0.1) is 0 Å². The maximum absolute atomic E-state index is 13.0. The maximum atomic E-state index is 13.0. The van der Waals surface area contributed by atoms with E-state index in [0.29, 0.717) is 19.3 Å². The first kappa shape index (κ1) is 78.6. The SMILES string of the molecule is CCCCCC/C=C\C/C=C\CCCCCCCCCC(=O)OCC(COC(=O)CCCCCCCCCCCCCCC/C=C\CCCCCCCCCC)OC(=O)CCCCCCCCCCCCCCCCCCCCCC. The molecule has 81 heavy (non-hydrogen) atoms. The minimum Gasteiger partial charge on any atom is -0.462 e. The van der Waals surface area contributed by atoms with Gasteiger partial charge >= 0.3 is 17.9 Å². The van der Waals surface area contributed by atoms with E-state index in [0.717, 1.165) is 70.6 Å². The normalized spacial score (nSPS) is 12.2. The first-order valence-corrected chi connectivity index (χ1v) is 36.5. The van der Waals surface area contributed by atoms with Crippen molar-refractivity contribution in [1.29, 1.82) is 0 Å². The van der Waals surface area contributed by atoms with Crippen LogP contribution in [0.15, 0.2) is 36.5 Å². The molecule has 0 aromatic rings. The molecule has 476 valence electrons. The van der Waals surface area contributed by atoms with Crippen LogP contribution in [0.25, 0.3) is 0 Å². The Labute approximate surface area is 506 Å². The minimum absolute atomic E-state index is 0.0695. The van der Waals surface area contributed by atoms with Crippen LogP contribution in [0.3, 0.4) is 0 Å². The average molecular weight is 1140 g/mol. The van der Waals surface area contributed by atoms with Crippen LogP contribution in [0, 0.1) is 0 Å². The van der Waals surface area contributed by atoms with Gasteiger partial charge in [-0.3, -0.25) is 14.4 Å². The topological polar surface area (TPSA) is 78.9 Å². The van der Waals surface area contributed by atoms with Crippen LogP contribution in [0.4, 0.5) is 0 Å². The Kier molecular flexibility index (Phi) is 68.1. The van der Waals surface area contributed by atoms with Gasteiger partial charge < -0.3 is 14.2 Å². The molecule has 0 bridgehead atoms. The summed E-state index contributed by atoms with van der Waals surface area (Å²) in [5.41, 5.74) is 0. The molecule has 0 heterocycles. The van der Waals surface area contributed by atoms with Gasteiger partial charge in [-0.2, -0.15) is 0 Å². The zero-order valence-electron chi connectivity index (χ0n) is 54.8. The Hall–Kier alpha value is -2.37. The Balaban J connectivity index is 4.29. The summed E-state index contributed by atoms with van der Waals surface area (Å²) in [7, 11) is 0. The van der Waals surface area contributed by atoms with E-state index in [4.69, 9.17) is 14.2 Å². The van der Waals surface area contributed by atoms with Crippen LogP contribution in [-0.2, 0) is 28.6 Å². The molecule has 0 aliphatic carbocycles. The highest BCUT2D eigenvalue weighted by Crippen LogP contribution is 2.19. The van der Waals surface area contributed by atoms with Crippen LogP contribution in [0.2, 0.25) is 0 Å². The number of ether oxygens (including phenoxy) is 3. The second kappa shape index (κ2) is 70.1. The van der Waals surface area contributed by atoms with Crippen LogP contribution in [-0.4, -0.2) is 37.2 Å². The average Bonchev–Trinajstić information content (AvgIpc) is 3.47. The minimum atomic E-state index is -0.774. The number of hydrogen-bond donors (Lipinski definition) is 0. The molecule has 0 saturated heterocycles. The van der Waals surface area contributed by atoms with Gasteiger partial charge in [-0.05, 0) is 77.0 Å². The molecule has 0 saturated carbocycles. The lowest BCUT2D eigenvalue weighted by atomic mass is 10.0. The number of carbonyl (C=O) groups excluding carboxylic acids is 3. The van der Waals surface area contributed by atoms with Crippen molar-refractivity contribution in [2.75, 3.05) is 13.2 Å². The molecule has 0 radical (unpaired) electrons. The fourth-order valence-electron chi connectivity index (χ4n) is 11.1. The van der Waals surface area contributed by atoms with Crippen molar-refractivity contribution in [2.45, 2.75) is 412 Å². The maximum Gasteiger partial charge on any atom is 0.306 e. The molecule has 0 fully saturated rings. The zero-order chi connectivity index (χ0) is 58.5. The Morgan fingerprint density at radius 1 is 0.247 bits per heavy atom. The van der Waals surface area contributed by atoms with Gasteiger partial charge in [0.15, 0.2) is 6.10 Å². The molecule has 6 nitrogen and oxygen atoms in total. The van der Waals surface area contributed by atoms with E-state index >= 15 is 0 Å². The first-order chi connectivity index (χ1) is 40.0. The number of allylic oxidation sites excluding steroid dienone is 6. The third-order valence-electron chi connectivity index (χ3n) is 16.6. The molecule has 0 rings (SSSR count). The molecular formula is C75H140O6. The molecule has 0 N–H and O–H groups in total. The van der Waals surface area contributed by atoms with Gasteiger partial charge in [0.1, 0.15) is 13.2 Å². The van der Waals surface area contributed by atoms with Crippen LogP contribution in [0.1, 0.15) is 406 Å². The highest BCUT2D eigenvalue weighted by molar-refractivity contribution is 5.71. The summed E-state index contributed by atoms with van der Waals surface area (Å²) in [6.07, 6.45) is 87.4. The largest absolute Gasteiger partial charge is 0.462 e. The lowest BCUT2D eigenvalue weighted by Gasteiger charge is -2.18. The van der Waals surface area contributed by atoms with Crippen molar-refractivity contribution in [2.24, 2.45) is 0 Å². The first-order valence-electron chi connectivity index (χ1n) is 36.5. The predicted molar refractivity (Wildman–Crippen MR) is 353 cm³/mol. The van der Waals surface area contributed by atoms with Crippen LogP contribution >= 0.6 is 0 Å². The molecular weight excluding hydrogens is 997 g/mol. The second-order valence-corrected chi connectivity index (χ2v) is 24.9. The predicted octanol–water partition coefficient (Wildman–Crippen LogP) is 25.1. The number of esters is 3. The summed E-state index contributed by atoms with van der Waals surface area (Å²) in [6.45, 7) is 6.70. The molecule has 0 aliphatic rings. The van der Waals surface area contributed by atoms with E-state index in [1.165, 1.54) is 295 Å². The summed E-state index contributed by atoms with van der Waals surface area (Å²) < 4.78 is 17.0. The molecule has 0 spiro atoms. The highest BCUT2D eigenvalue weighted by Gasteiger charge is 2.19. The summed E-state index contributed by atoms with van der Waals surface area (Å²) in [6, 6.07) is 0. The van der Waals surface area contributed by atoms with Crippen molar-refractivity contribution in [1.82, 2.24) is 0 Å². The second-order valence-electron chi connectivity index (χ2n) is 24.9. The quantitative estimate of drug-likeness (QED) is 0.0261. The van der Waals surface area contributed by atoms with E-state index < -0.39 is 6.10 Å². The molecule has 1 atom stereocenters. The van der Waals surface area contributed by atoms with Crippen molar-refractivity contribution in [3.8, 4) is 0 Å². The zero-order valence-corrected chi connectivity index (χ0v) is 54.8. The number of rotatable bonds is 68. The smallest absolute Gasteiger partial charge is 0.306 e. The van der Waals surface area contributed by atoms with E-state index in [1.807, 2.05) is 0 Å². The molecule has 0 amide bonds. The van der Waals surface area contributed by atoms with Gasteiger partial charge in [-0.1, -0.05) is 346 Å². The summed E-state index contributed by atoms with van der Waals surface area (Å²) >= 11 is 0. The Morgan fingerprint density at radius 3 is 0.704 bits per heavy atom. The van der Waals surface area contributed by atoms with E-state index in [1.54, 1.807) is 0 Å². The van der Waals surface area contributed by atoms with Gasteiger partial charge in [0.2, 0.25) is 0 Å². The monoisotopic (exact) mass is 1140 g/mol.